The summed E-state index contributed by atoms with van der Waals surface area (Å²) in [5.41, 5.74) is 0.0121. The van der Waals surface area contributed by atoms with Crippen molar-refractivity contribution in [3.63, 3.8) is 0 Å². The van der Waals surface area contributed by atoms with Gasteiger partial charge in [-0.3, -0.25) is 10.1 Å². The maximum absolute atomic E-state index is 12.4. The van der Waals surface area contributed by atoms with E-state index in [4.69, 9.17) is 9.47 Å². The number of nitrogens with zero attached hydrogens (tertiary/aromatic N) is 2. The maximum Gasteiger partial charge on any atom is 0.410 e. The monoisotopic (exact) mass is 322 g/mol. The molecular weight excluding hydrogens is 300 g/mol. The second kappa shape index (κ2) is 6.44. The van der Waals surface area contributed by atoms with E-state index in [0.29, 0.717) is 11.3 Å². The average Bonchev–Trinajstić information content (AvgIpc) is 3.26. The Hall–Kier alpha value is -2.31. The number of hydrogen-bond donors (Lipinski definition) is 0. The fourth-order valence-corrected chi connectivity index (χ4v) is 2.20. The van der Waals surface area contributed by atoms with Crippen LogP contribution in [0, 0.1) is 10.1 Å². The van der Waals surface area contributed by atoms with Crippen molar-refractivity contribution in [2.24, 2.45) is 0 Å². The zero-order valence-electron chi connectivity index (χ0n) is 13.9. The summed E-state index contributed by atoms with van der Waals surface area (Å²) in [6.07, 6.45) is 1.45. The van der Waals surface area contributed by atoms with E-state index in [9.17, 15) is 14.9 Å². The van der Waals surface area contributed by atoms with Gasteiger partial charge in [-0.15, -0.1) is 0 Å². The van der Waals surface area contributed by atoms with Crippen LogP contribution in [0.25, 0.3) is 0 Å². The highest BCUT2D eigenvalue weighted by atomic mass is 16.6. The second-order valence-electron chi connectivity index (χ2n) is 6.64. The topological polar surface area (TPSA) is 81.9 Å². The number of methoxy groups -OCH3 is 1. The Morgan fingerprint density at radius 2 is 2.00 bits per heavy atom. The van der Waals surface area contributed by atoms with Gasteiger partial charge in [0.2, 0.25) is 0 Å². The largest absolute Gasteiger partial charge is 0.496 e. The normalized spacial score (nSPS) is 14.3. The number of nitro benzene ring substituents is 1. The van der Waals surface area contributed by atoms with E-state index >= 15 is 0 Å². The van der Waals surface area contributed by atoms with E-state index in [1.54, 1.807) is 11.0 Å². The highest BCUT2D eigenvalue weighted by molar-refractivity contribution is 5.69. The third-order valence-electron chi connectivity index (χ3n) is 3.37. The lowest BCUT2D eigenvalue weighted by atomic mass is 10.1. The third-order valence-corrected chi connectivity index (χ3v) is 3.37. The van der Waals surface area contributed by atoms with Crippen molar-refractivity contribution in [3.8, 4) is 5.75 Å². The van der Waals surface area contributed by atoms with Gasteiger partial charge in [0.05, 0.1) is 18.1 Å². The van der Waals surface area contributed by atoms with E-state index in [1.165, 1.54) is 19.2 Å². The Kier molecular flexibility index (Phi) is 4.77. The molecule has 0 saturated heterocycles. The van der Waals surface area contributed by atoms with Gasteiger partial charge in [-0.05, 0) is 45.2 Å². The number of carbonyl (C=O) groups is 1. The summed E-state index contributed by atoms with van der Waals surface area (Å²) in [7, 11) is 1.45. The molecule has 0 atom stereocenters. The molecule has 1 aromatic rings. The van der Waals surface area contributed by atoms with Crippen molar-refractivity contribution in [2.75, 3.05) is 7.11 Å². The molecule has 0 aliphatic heterocycles. The van der Waals surface area contributed by atoms with Gasteiger partial charge >= 0.3 is 6.09 Å². The van der Waals surface area contributed by atoms with Gasteiger partial charge < -0.3 is 14.4 Å². The molecule has 126 valence electrons. The molecule has 2 rings (SSSR count). The van der Waals surface area contributed by atoms with Gasteiger partial charge in [0.1, 0.15) is 11.4 Å². The number of benzene rings is 1. The third kappa shape index (κ3) is 4.84. The van der Waals surface area contributed by atoms with E-state index in [2.05, 4.69) is 0 Å². The lowest BCUT2D eigenvalue weighted by Crippen LogP contribution is -2.37. The number of non-ortho nitro benzene ring substituents is 1. The molecule has 1 aliphatic carbocycles. The molecule has 1 fully saturated rings. The molecule has 1 aromatic carbocycles. The standard InChI is InChI=1S/C16H22N2O5/c1-16(2,3)23-15(19)17(12-5-6-12)10-11-7-13(18(20)21)9-14(8-11)22-4/h7-9,12H,5-6,10H2,1-4H3. The van der Waals surface area contributed by atoms with Crippen LogP contribution < -0.4 is 4.74 Å². The molecule has 1 aliphatic rings. The van der Waals surface area contributed by atoms with Crippen molar-refractivity contribution in [1.29, 1.82) is 0 Å². The Bertz CT molecular complexity index is 605. The summed E-state index contributed by atoms with van der Waals surface area (Å²) < 4.78 is 10.5. The SMILES string of the molecule is COc1cc(CN(C(=O)OC(C)(C)C)C2CC2)cc([N+](=O)[O-])c1. The van der Waals surface area contributed by atoms with E-state index in [0.717, 1.165) is 12.8 Å². The van der Waals surface area contributed by atoms with E-state index in [1.807, 2.05) is 20.8 Å². The minimum Gasteiger partial charge on any atom is -0.496 e. The smallest absolute Gasteiger partial charge is 0.410 e. The Morgan fingerprint density at radius 1 is 1.35 bits per heavy atom. The zero-order valence-corrected chi connectivity index (χ0v) is 13.9. The van der Waals surface area contributed by atoms with E-state index < -0.39 is 16.6 Å². The Balaban J connectivity index is 2.21. The first kappa shape index (κ1) is 17.1. The molecule has 7 nitrogen and oxygen atoms in total. The van der Waals surface area contributed by atoms with Crippen LogP contribution in [-0.2, 0) is 11.3 Å². The quantitative estimate of drug-likeness (QED) is 0.612. The van der Waals surface area contributed by atoms with Crippen molar-refractivity contribution in [1.82, 2.24) is 4.90 Å². The van der Waals surface area contributed by atoms with Gasteiger partial charge in [0.25, 0.3) is 5.69 Å². The molecule has 1 amide bonds. The van der Waals surface area contributed by atoms with Crippen LogP contribution >= 0.6 is 0 Å². The van der Waals surface area contributed by atoms with Gasteiger partial charge in [-0.1, -0.05) is 0 Å². The van der Waals surface area contributed by atoms with Crippen molar-refractivity contribution in [2.45, 2.75) is 51.8 Å². The molecule has 0 aromatic heterocycles. The van der Waals surface area contributed by atoms with Gasteiger partial charge in [-0.25, -0.2) is 4.79 Å². The molecule has 0 spiro atoms. The number of amides is 1. The van der Waals surface area contributed by atoms with Crippen LogP contribution in [0.3, 0.4) is 0 Å². The fourth-order valence-electron chi connectivity index (χ4n) is 2.20. The van der Waals surface area contributed by atoms with Crippen LogP contribution in [-0.4, -0.2) is 34.7 Å². The lowest BCUT2D eigenvalue weighted by Gasteiger charge is -2.27. The van der Waals surface area contributed by atoms with Gasteiger partial charge in [0.15, 0.2) is 0 Å². The lowest BCUT2D eigenvalue weighted by molar-refractivity contribution is -0.385. The zero-order chi connectivity index (χ0) is 17.2. The van der Waals surface area contributed by atoms with Crippen LogP contribution in [0.5, 0.6) is 5.75 Å². The van der Waals surface area contributed by atoms with Crippen LogP contribution in [0.4, 0.5) is 10.5 Å². The summed E-state index contributed by atoms with van der Waals surface area (Å²) in [4.78, 5) is 24.5. The molecule has 1 saturated carbocycles. The highest BCUT2D eigenvalue weighted by Crippen LogP contribution is 2.31. The highest BCUT2D eigenvalue weighted by Gasteiger charge is 2.35. The summed E-state index contributed by atoms with van der Waals surface area (Å²) in [5, 5.41) is 11.0. The molecule has 23 heavy (non-hydrogen) atoms. The fraction of sp³-hybridized carbons (Fsp3) is 0.562. The first-order chi connectivity index (χ1) is 10.7. The first-order valence-corrected chi connectivity index (χ1v) is 7.51. The predicted molar refractivity (Wildman–Crippen MR) is 84.4 cm³/mol. The molecule has 7 heteroatoms. The molecule has 0 bridgehead atoms. The van der Waals surface area contributed by atoms with Crippen molar-refractivity contribution >= 4 is 11.8 Å². The van der Waals surface area contributed by atoms with Crippen LogP contribution in [0.2, 0.25) is 0 Å². The summed E-state index contributed by atoms with van der Waals surface area (Å²) in [5.74, 6) is 0.397. The molecule has 0 radical (unpaired) electrons. The molecule has 0 unspecified atom stereocenters. The van der Waals surface area contributed by atoms with Crippen LogP contribution in [0.1, 0.15) is 39.2 Å². The number of ether oxygens (including phenoxy) is 2. The molecular formula is C16H22N2O5. The van der Waals surface area contributed by atoms with Crippen molar-refractivity contribution in [3.05, 3.63) is 33.9 Å². The maximum atomic E-state index is 12.4. The molecule has 0 heterocycles. The predicted octanol–water partition coefficient (Wildman–Crippen LogP) is 3.50. The minimum atomic E-state index is -0.579. The van der Waals surface area contributed by atoms with Gasteiger partial charge in [-0.2, -0.15) is 0 Å². The Labute approximate surface area is 135 Å². The van der Waals surface area contributed by atoms with E-state index in [-0.39, 0.29) is 18.3 Å². The summed E-state index contributed by atoms with van der Waals surface area (Å²) in [6, 6.07) is 4.66. The van der Waals surface area contributed by atoms with Gasteiger partial charge in [0, 0.05) is 18.7 Å². The minimum absolute atomic E-state index is 0.0562. The number of nitro groups is 1. The van der Waals surface area contributed by atoms with Crippen LogP contribution in [0.15, 0.2) is 18.2 Å². The number of rotatable bonds is 5. The second-order valence-corrected chi connectivity index (χ2v) is 6.64. The van der Waals surface area contributed by atoms with Crippen molar-refractivity contribution < 1.29 is 19.2 Å². The summed E-state index contributed by atoms with van der Waals surface area (Å²) >= 11 is 0. The number of hydrogen-bond acceptors (Lipinski definition) is 5. The first-order valence-electron chi connectivity index (χ1n) is 7.51. The Morgan fingerprint density at radius 3 is 2.48 bits per heavy atom. The summed E-state index contributed by atoms with van der Waals surface area (Å²) in [6.45, 7) is 5.70. The number of carbonyl (C=O) groups excluding carboxylic acids is 1. The molecule has 0 N–H and O–H groups in total. The average molecular weight is 322 g/mol.